The molecule has 1 aromatic heterocycles. The van der Waals surface area contributed by atoms with Crippen molar-refractivity contribution in [3.63, 3.8) is 0 Å². The fourth-order valence-electron chi connectivity index (χ4n) is 12.8. The fourth-order valence-corrected chi connectivity index (χ4v) is 12.8. The van der Waals surface area contributed by atoms with Gasteiger partial charge in [0.2, 0.25) is 6.71 Å². The van der Waals surface area contributed by atoms with Gasteiger partial charge in [-0.25, -0.2) is 0 Å². The molecule has 0 radical (unpaired) electrons. The Kier molecular flexibility index (Phi) is 8.75. The predicted octanol–water partition coefficient (Wildman–Crippen LogP) is 15.7. The molecule has 0 bridgehead atoms. The van der Waals surface area contributed by atoms with Crippen LogP contribution < -0.4 is 26.2 Å². The molecule has 2 aliphatic carbocycles. The first-order valence-electron chi connectivity index (χ1n) is 25.0. The zero-order valence-electron chi connectivity index (χ0n) is 40.8. The quantitative estimate of drug-likeness (QED) is 0.161. The maximum absolute atomic E-state index is 6.40. The molecule has 0 atom stereocenters. The minimum absolute atomic E-state index is 0.0459. The van der Waals surface area contributed by atoms with Gasteiger partial charge >= 0.3 is 0 Å². The zero-order valence-corrected chi connectivity index (χ0v) is 40.8. The molecule has 3 nitrogen and oxygen atoms in total. The monoisotopic (exact) mass is 882 g/mol. The van der Waals surface area contributed by atoms with Crippen LogP contribution in [0.4, 0.5) is 34.1 Å². The largest absolute Gasteiger partial charge is 0.456 e. The first-order valence-corrected chi connectivity index (χ1v) is 25.0. The van der Waals surface area contributed by atoms with Crippen LogP contribution in [0.25, 0.3) is 44.2 Å². The number of para-hydroxylation sites is 3. The summed E-state index contributed by atoms with van der Waals surface area (Å²) in [6.45, 7) is 19.8. The van der Waals surface area contributed by atoms with E-state index >= 15 is 0 Å². The normalized spacial score (nSPS) is 17.6. The molecule has 13 rings (SSSR count). The molecule has 0 saturated carbocycles. The molecule has 0 amide bonds. The second kappa shape index (κ2) is 14.4. The van der Waals surface area contributed by atoms with Crippen molar-refractivity contribution in [2.75, 3.05) is 9.80 Å². The van der Waals surface area contributed by atoms with Gasteiger partial charge < -0.3 is 14.2 Å². The first-order chi connectivity index (χ1) is 32.7. The van der Waals surface area contributed by atoms with Crippen LogP contribution in [0.15, 0.2) is 168 Å². The maximum Gasteiger partial charge on any atom is 0.248 e. The lowest BCUT2D eigenvalue weighted by Crippen LogP contribution is -2.55. The summed E-state index contributed by atoms with van der Waals surface area (Å²) >= 11 is 0. The van der Waals surface area contributed by atoms with E-state index in [0.717, 1.165) is 39.0 Å². The van der Waals surface area contributed by atoms with Crippen molar-refractivity contribution >= 4 is 79.2 Å². The number of fused-ring (bicyclic) bond motifs is 10. The van der Waals surface area contributed by atoms with Crippen molar-refractivity contribution < 1.29 is 4.42 Å². The number of nitrogens with zero attached hydrogens (tertiary/aromatic N) is 2. The molecule has 0 fully saturated rings. The van der Waals surface area contributed by atoms with Gasteiger partial charge in [0, 0.05) is 44.9 Å². The van der Waals surface area contributed by atoms with Crippen molar-refractivity contribution in [3.05, 3.63) is 186 Å². The predicted molar refractivity (Wildman–Crippen MR) is 289 cm³/mol. The highest BCUT2D eigenvalue weighted by molar-refractivity contribution is 7.01. The van der Waals surface area contributed by atoms with Crippen LogP contribution in [0, 0.1) is 0 Å². The molecule has 8 aromatic carbocycles. The van der Waals surface area contributed by atoms with Gasteiger partial charge in [-0.15, -0.1) is 0 Å². The van der Waals surface area contributed by atoms with Crippen LogP contribution >= 0.6 is 0 Å². The van der Waals surface area contributed by atoms with E-state index in [9.17, 15) is 0 Å². The van der Waals surface area contributed by atoms with Crippen LogP contribution in [0.2, 0.25) is 0 Å². The molecule has 0 spiro atoms. The van der Waals surface area contributed by atoms with E-state index in [2.05, 4.69) is 229 Å². The first kappa shape index (κ1) is 41.4. The average Bonchev–Trinajstić information content (AvgIpc) is 3.88. The van der Waals surface area contributed by atoms with Gasteiger partial charge in [-0.3, -0.25) is 0 Å². The maximum atomic E-state index is 6.40. The van der Waals surface area contributed by atoms with E-state index in [4.69, 9.17) is 4.42 Å². The van der Waals surface area contributed by atoms with Gasteiger partial charge in [0.15, 0.2) is 0 Å². The van der Waals surface area contributed by atoms with Gasteiger partial charge in [-0.05, 0) is 188 Å². The van der Waals surface area contributed by atoms with Gasteiger partial charge in [-0.1, -0.05) is 140 Å². The summed E-state index contributed by atoms with van der Waals surface area (Å²) in [4.78, 5) is 5.09. The van der Waals surface area contributed by atoms with Crippen LogP contribution in [-0.4, -0.2) is 6.71 Å². The highest BCUT2D eigenvalue weighted by Gasteiger charge is 2.47. The third kappa shape index (κ3) is 6.11. The van der Waals surface area contributed by atoms with Gasteiger partial charge in [0.1, 0.15) is 11.2 Å². The lowest BCUT2D eigenvalue weighted by Gasteiger charge is -2.45. The van der Waals surface area contributed by atoms with E-state index in [1.165, 1.54) is 104 Å². The molecule has 4 aliphatic rings. The van der Waals surface area contributed by atoms with E-state index in [1.807, 2.05) is 0 Å². The van der Waals surface area contributed by atoms with E-state index < -0.39 is 0 Å². The second-order valence-corrected chi connectivity index (χ2v) is 23.0. The van der Waals surface area contributed by atoms with Crippen LogP contribution in [0.5, 0.6) is 0 Å². The van der Waals surface area contributed by atoms with Crippen LogP contribution in [0.3, 0.4) is 0 Å². The number of benzene rings is 8. The molecule has 0 unspecified atom stereocenters. The molecule has 2 aliphatic heterocycles. The van der Waals surface area contributed by atoms with Crippen LogP contribution in [0.1, 0.15) is 103 Å². The number of rotatable bonds is 5. The van der Waals surface area contributed by atoms with Gasteiger partial charge in [-0.2, -0.15) is 0 Å². The molecular weight excluding hydrogens is 824 g/mol. The Morgan fingerprint density at radius 2 is 1.03 bits per heavy atom. The highest BCUT2D eigenvalue weighted by atomic mass is 16.3. The number of hydrogen-bond acceptors (Lipinski definition) is 3. The number of hydrogen-bond donors (Lipinski definition) is 0. The fraction of sp³-hybridized carbons (Fsp3) is 0.250. The van der Waals surface area contributed by atoms with E-state index in [1.54, 1.807) is 0 Å². The molecule has 3 heterocycles. The standard InChI is InChI=1S/C64H59BN2O/c1-61(2)29-30-62(3,4)51-37-45(24-26-50(51)61)67-56-39-53-52(63(5,6)31-32-64(53,7)8)38-55(56)65-54-27-25-44(66(42-17-11-9-12-18-42)43-19-13-10-14-20-43)36-47(54)49-34-41(35-57(67)60(49)65)40-23-28-59-48(33-40)46-21-15-16-22-58(46)68-59/h9-28,33-39H,29-32H2,1-8H3. The van der Waals surface area contributed by atoms with Crippen LogP contribution in [-0.2, 0) is 21.7 Å². The summed E-state index contributed by atoms with van der Waals surface area (Å²) < 4.78 is 6.40. The third-order valence-electron chi connectivity index (χ3n) is 17.0. The van der Waals surface area contributed by atoms with Crippen molar-refractivity contribution in [1.82, 2.24) is 0 Å². The summed E-state index contributed by atoms with van der Waals surface area (Å²) in [5, 5.41) is 2.29. The molecule has 68 heavy (non-hydrogen) atoms. The minimum atomic E-state index is 0.0459. The van der Waals surface area contributed by atoms with E-state index in [-0.39, 0.29) is 28.4 Å². The minimum Gasteiger partial charge on any atom is -0.456 e. The summed E-state index contributed by atoms with van der Waals surface area (Å²) in [5.41, 5.74) is 24.5. The van der Waals surface area contributed by atoms with Gasteiger partial charge in [0.05, 0.1) is 0 Å². The average molecular weight is 883 g/mol. The molecule has 0 saturated heterocycles. The molecule has 9 aromatic rings. The number of anilines is 6. The van der Waals surface area contributed by atoms with Crippen molar-refractivity contribution in [2.24, 2.45) is 0 Å². The second-order valence-electron chi connectivity index (χ2n) is 23.0. The zero-order chi connectivity index (χ0) is 46.5. The Hall–Kier alpha value is -6.78. The molecule has 4 heteroatoms. The third-order valence-corrected chi connectivity index (χ3v) is 17.0. The Bertz CT molecular complexity index is 3500. The van der Waals surface area contributed by atoms with Crippen molar-refractivity contribution in [2.45, 2.75) is 103 Å². The summed E-state index contributed by atoms with van der Waals surface area (Å²) in [6.07, 6.45) is 4.70. The number of furan rings is 1. The van der Waals surface area contributed by atoms with Gasteiger partial charge in [0.25, 0.3) is 0 Å². The lowest BCUT2D eigenvalue weighted by molar-refractivity contribution is 0.332. The van der Waals surface area contributed by atoms with Crippen molar-refractivity contribution in [1.29, 1.82) is 0 Å². The van der Waals surface area contributed by atoms with Crippen molar-refractivity contribution in [3.8, 4) is 22.3 Å². The Balaban J connectivity index is 1.12. The summed E-state index contributed by atoms with van der Waals surface area (Å²) in [6, 6.07) is 62.0. The summed E-state index contributed by atoms with van der Waals surface area (Å²) in [5.74, 6) is 0. The summed E-state index contributed by atoms with van der Waals surface area (Å²) in [7, 11) is 0. The Morgan fingerprint density at radius 3 is 1.72 bits per heavy atom. The SMILES string of the molecule is CC1(C)CCC(C)(C)c2cc(N3c4cc5c(cc4B4c6ccc(N(c7ccccc7)c7ccccc7)cc6-c6cc(-c7ccc8oc9ccccc9c8c7)cc3c64)C(C)(C)CCC5(C)C)ccc21. The smallest absolute Gasteiger partial charge is 0.248 e. The highest BCUT2D eigenvalue weighted by Crippen LogP contribution is 2.53. The topological polar surface area (TPSA) is 19.6 Å². The Labute approximate surface area is 402 Å². The Morgan fingerprint density at radius 1 is 0.426 bits per heavy atom. The molecule has 0 N–H and O–H groups in total. The van der Waals surface area contributed by atoms with E-state index in [0.29, 0.717) is 0 Å². The molecule has 334 valence electrons. The lowest BCUT2D eigenvalue weighted by atomic mass is 9.36. The molecular formula is C64H59BN2O.